The second-order valence-corrected chi connectivity index (χ2v) is 14.6. The average molecular weight is 605 g/mol. The Kier molecular flexibility index (Phi) is 6.17. The lowest BCUT2D eigenvalue weighted by molar-refractivity contribution is 0.593. The molecule has 9 aromatic rings. The molecule has 9 rings (SSSR count). The van der Waals surface area contributed by atoms with Gasteiger partial charge in [-0.05, 0) is 65.0 Å². The summed E-state index contributed by atoms with van der Waals surface area (Å²) in [5.74, 6) is 0. The maximum atomic E-state index is 16.0. The summed E-state index contributed by atoms with van der Waals surface area (Å²) in [4.78, 5) is 0. The van der Waals surface area contributed by atoms with Crippen molar-refractivity contribution in [3.8, 4) is 11.1 Å². The highest BCUT2D eigenvalue weighted by Gasteiger charge is 2.34. The van der Waals surface area contributed by atoms with E-state index in [1.165, 1.54) is 43.4 Å². The van der Waals surface area contributed by atoms with Crippen molar-refractivity contribution < 1.29 is 4.57 Å². The van der Waals surface area contributed by atoms with Crippen molar-refractivity contribution in [1.29, 1.82) is 0 Å². The first kappa shape index (κ1) is 26.9. The molecule has 0 saturated carbocycles. The quantitative estimate of drug-likeness (QED) is 0.111. The summed E-state index contributed by atoms with van der Waals surface area (Å²) in [6, 6.07) is 61.4. The molecule has 0 N–H and O–H groups in total. The normalized spacial score (nSPS) is 12.0. The van der Waals surface area contributed by atoms with Crippen LogP contribution in [0.4, 0.5) is 0 Å². The molecule has 0 bridgehead atoms. The zero-order valence-electron chi connectivity index (χ0n) is 25.1. The van der Waals surface area contributed by atoms with E-state index in [4.69, 9.17) is 0 Å². The Morgan fingerprint density at radius 1 is 0.304 bits per heavy atom. The van der Waals surface area contributed by atoms with Crippen LogP contribution >= 0.6 is 7.14 Å². The molecule has 9 aromatic carbocycles. The van der Waals surface area contributed by atoms with Crippen LogP contribution in [0.5, 0.6) is 0 Å². The first-order valence-corrected chi connectivity index (χ1v) is 17.4. The molecule has 46 heavy (non-hydrogen) atoms. The Bertz CT molecular complexity index is 2510. The van der Waals surface area contributed by atoms with E-state index in [1.807, 2.05) is 60.7 Å². The van der Waals surface area contributed by atoms with E-state index >= 15 is 4.57 Å². The minimum Gasteiger partial charge on any atom is -0.309 e. The fourth-order valence-electron chi connectivity index (χ4n) is 7.58. The van der Waals surface area contributed by atoms with Gasteiger partial charge in [0.25, 0.3) is 0 Å². The lowest BCUT2D eigenvalue weighted by atomic mass is 9.86. The summed E-state index contributed by atoms with van der Waals surface area (Å²) >= 11 is 0. The summed E-state index contributed by atoms with van der Waals surface area (Å²) in [6.07, 6.45) is 0. The predicted molar refractivity (Wildman–Crippen MR) is 199 cm³/mol. The third-order valence-electron chi connectivity index (χ3n) is 9.50. The van der Waals surface area contributed by atoms with Crippen LogP contribution in [0.15, 0.2) is 176 Å². The molecule has 0 aromatic heterocycles. The van der Waals surface area contributed by atoms with Crippen molar-refractivity contribution in [2.75, 3.05) is 0 Å². The summed E-state index contributed by atoms with van der Waals surface area (Å²) < 4.78 is 16.0. The van der Waals surface area contributed by atoms with Gasteiger partial charge in [0.15, 0.2) is 7.14 Å². The van der Waals surface area contributed by atoms with Crippen LogP contribution in [0.2, 0.25) is 0 Å². The Labute approximate surface area is 267 Å². The summed E-state index contributed by atoms with van der Waals surface area (Å²) in [5, 5.41) is 14.3. The lowest BCUT2D eigenvalue weighted by Gasteiger charge is -2.26. The fourth-order valence-corrected chi connectivity index (χ4v) is 10.6. The molecule has 0 unspecified atom stereocenters. The van der Waals surface area contributed by atoms with E-state index in [2.05, 4.69) is 115 Å². The molecule has 0 spiro atoms. The van der Waals surface area contributed by atoms with Gasteiger partial charge in [-0.15, -0.1) is 0 Å². The molecule has 0 radical (unpaired) electrons. The van der Waals surface area contributed by atoms with Crippen LogP contribution in [0.1, 0.15) is 0 Å². The lowest BCUT2D eigenvalue weighted by Crippen LogP contribution is -2.26. The second-order valence-electron chi connectivity index (χ2n) is 11.9. The molecule has 0 saturated heterocycles. The highest BCUT2D eigenvalue weighted by atomic mass is 31.2. The van der Waals surface area contributed by atoms with Gasteiger partial charge in [-0.2, -0.15) is 0 Å². The van der Waals surface area contributed by atoms with Gasteiger partial charge in [-0.1, -0.05) is 176 Å². The first-order chi connectivity index (χ1) is 22.7. The molecule has 0 aliphatic carbocycles. The highest BCUT2D eigenvalue weighted by molar-refractivity contribution is 7.86. The molecule has 0 atom stereocenters. The van der Waals surface area contributed by atoms with Gasteiger partial charge in [0.1, 0.15) is 0 Å². The van der Waals surface area contributed by atoms with Crippen LogP contribution in [0, 0.1) is 0 Å². The van der Waals surface area contributed by atoms with Crippen LogP contribution in [-0.4, -0.2) is 0 Å². The topological polar surface area (TPSA) is 17.1 Å². The van der Waals surface area contributed by atoms with Gasteiger partial charge in [0.05, 0.1) is 0 Å². The van der Waals surface area contributed by atoms with Gasteiger partial charge in [0.2, 0.25) is 0 Å². The SMILES string of the molecule is O=P(c1ccccc1)(c1ccccc1)c1c2ccccc2c(-c2cccc3c4ccccc4c4ccccc4c23)c2ccccc12. The van der Waals surface area contributed by atoms with E-state index in [0.29, 0.717) is 0 Å². The van der Waals surface area contributed by atoms with Crippen molar-refractivity contribution in [3.05, 3.63) is 176 Å². The van der Waals surface area contributed by atoms with Gasteiger partial charge in [0, 0.05) is 15.9 Å². The number of rotatable bonds is 4. The number of fused-ring (bicyclic) bond motifs is 8. The van der Waals surface area contributed by atoms with Crippen molar-refractivity contribution in [1.82, 2.24) is 0 Å². The smallest absolute Gasteiger partial charge is 0.172 e. The molecule has 1 nitrogen and oxygen atoms in total. The third-order valence-corrected chi connectivity index (χ3v) is 12.7. The van der Waals surface area contributed by atoms with Gasteiger partial charge in [-0.3, -0.25) is 0 Å². The van der Waals surface area contributed by atoms with Crippen LogP contribution < -0.4 is 15.9 Å². The zero-order valence-corrected chi connectivity index (χ0v) is 26.0. The maximum Gasteiger partial charge on any atom is 0.172 e. The van der Waals surface area contributed by atoms with Crippen LogP contribution in [0.3, 0.4) is 0 Å². The Hall–Kier alpha value is -5.49. The summed E-state index contributed by atoms with van der Waals surface area (Å²) in [6.45, 7) is 0. The largest absolute Gasteiger partial charge is 0.309 e. The van der Waals surface area contributed by atoms with E-state index in [-0.39, 0.29) is 0 Å². The Morgan fingerprint density at radius 2 is 0.652 bits per heavy atom. The van der Waals surface area contributed by atoms with Crippen LogP contribution in [-0.2, 0) is 4.57 Å². The summed E-state index contributed by atoms with van der Waals surface area (Å²) in [7, 11) is -3.30. The fraction of sp³-hybridized carbons (Fsp3) is 0. The monoisotopic (exact) mass is 604 g/mol. The molecule has 216 valence electrons. The van der Waals surface area contributed by atoms with Gasteiger partial charge in [-0.25, -0.2) is 0 Å². The molecule has 2 heteroatoms. The number of hydrogen-bond acceptors (Lipinski definition) is 1. The van der Waals surface area contributed by atoms with Crippen molar-refractivity contribution >= 4 is 76.9 Å². The third kappa shape index (κ3) is 3.86. The van der Waals surface area contributed by atoms with Gasteiger partial charge < -0.3 is 4.57 Å². The second kappa shape index (κ2) is 10.6. The van der Waals surface area contributed by atoms with Crippen molar-refractivity contribution in [2.45, 2.75) is 0 Å². The van der Waals surface area contributed by atoms with E-state index in [0.717, 1.165) is 37.5 Å². The van der Waals surface area contributed by atoms with Crippen molar-refractivity contribution in [3.63, 3.8) is 0 Å². The Balaban J connectivity index is 1.50. The van der Waals surface area contributed by atoms with E-state index in [1.54, 1.807) is 0 Å². The maximum absolute atomic E-state index is 16.0. The van der Waals surface area contributed by atoms with Crippen molar-refractivity contribution in [2.24, 2.45) is 0 Å². The highest BCUT2D eigenvalue weighted by Crippen LogP contribution is 2.50. The average Bonchev–Trinajstić information content (AvgIpc) is 3.14. The molecule has 0 heterocycles. The molecular formula is C44H29OP. The molecule has 0 aliphatic rings. The van der Waals surface area contributed by atoms with E-state index in [9.17, 15) is 0 Å². The summed E-state index contributed by atoms with van der Waals surface area (Å²) in [5.41, 5.74) is 2.36. The molecule has 0 aliphatic heterocycles. The predicted octanol–water partition coefficient (Wildman–Crippen LogP) is 10.8. The molecule has 0 fully saturated rings. The van der Waals surface area contributed by atoms with E-state index < -0.39 is 7.14 Å². The number of hydrogen-bond donors (Lipinski definition) is 0. The minimum atomic E-state index is -3.30. The standard InChI is InChI=1S/C44H29OP/c45-46(30-16-3-1-4-17-30,31-18-5-2-6-19-31)44-39-26-13-11-24-37(39)43(38-25-12-14-27-40(38)44)41-29-15-28-36-34-21-8-7-20-32(34)33-22-9-10-23-35(33)42(36)41/h1-29H. The van der Waals surface area contributed by atoms with Gasteiger partial charge >= 0.3 is 0 Å². The van der Waals surface area contributed by atoms with Crippen LogP contribution in [0.25, 0.3) is 65.0 Å². The molecule has 0 amide bonds. The Morgan fingerprint density at radius 3 is 1.13 bits per heavy atom. The zero-order chi connectivity index (χ0) is 30.7. The minimum absolute atomic E-state index is 0.840. The first-order valence-electron chi connectivity index (χ1n) is 15.7. The number of benzene rings is 9. The molecular weight excluding hydrogens is 575 g/mol.